The number of hydrogen-bond acceptors (Lipinski definition) is 3. The van der Waals surface area contributed by atoms with Gasteiger partial charge in [-0.25, -0.2) is 0 Å². The Balaban J connectivity index is 1.49. The number of carbonyl (C=O) groups is 2. The number of fused-ring (bicyclic) bond motifs is 3. The van der Waals surface area contributed by atoms with Crippen molar-refractivity contribution in [1.82, 2.24) is 14.8 Å². The Hall–Kier alpha value is -2.60. The average Bonchev–Trinajstić information content (AvgIpc) is 3.39. The molecule has 33 heavy (non-hydrogen) atoms. The Bertz CT molecular complexity index is 1160. The maximum atomic E-state index is 13.8. The molecule has 1 saturated carbocycles. The number of carbonyl (C=O) groups excluding carboxylic acids is 2. The minimum absolute atomic E-state index is 0.0192. The van der Waals surface area contributed by atoms with E-state index in [0.29, 0.717) is 18.8 Å². The minimum Gasteiger partial charge on any atom is -0.351 e. The summed E-state index contributed by atoms with van der Waals surface area (Å²) in [4.78, 5) is 30.7. The molecule has 1 aliphatic carbocycles. The summed E-state index contributed by atoms with van der Waals surface area (Å²) in [6, 6.07) is 14.6. The van der Waals surface area contributed by atoms with Crippen molar-refractivity contribution >= 4 is 33.4 Å². The molecule has 174 valence electrons. The van der Waals surface area contributed by atoms with E-state index in [1.165, 1.54) is 16.9 Å². The van der Waals surface area contributed by atoms with Gasteiger partial charge in [0.15, 0.2) is 0 Å². The molecule has 1 aromatic carbocycles. The number of nitrogens with zero attached hydrogens (tertiary/aromatic N) is 2. The fraction of sp³-hybridized carbons (Fsp3) is 0.481. The molecule has 2 aliphatic rings. The zero-order chi connectivity index (χ0) is 23.0. The molecule has 0 radical (unpaired) electrons. The predicted molar refractivity (Wildman–Crippen MR) is 134 cm³/mol. The fourth-order valence-corrected chi connectivity index (χ4v) is 6.43. The van der Waals surface area contributed by atoms with E-state index in [-0.39, 0.29) is 17.9 Å². The van der Waals surface area contributed by atoms with Gasteiger partial charge in [-0.05, 0) is 50.3 Å². The third-order valence-corrected chi connectivity index (χ3v) is 8.63. The molecule has 0 unspecified atom stereocenters. The van der Waals surface area contributed by atoms with Gasteiger partial charge in [0, 0.05) is 17.5 Å². The van der Waals surface area contributed by atoms with Gasteiger partial charge in [-0.15, -0.1) is 11.3 Å². The molecule has 2 amide bonds. The van der Waals surface area contributed by atoms with E-state index in [9.17, 15) is 9.59 Å². The first-order chi connectivity index (χ1) is 16.0. The van der Waals surface area contributed by atoms with Crippen LogP contribution in [0.3, 0.4) is 0 Å². The average molecular weight is 464 g/mol. The van der Waals surface area contributed by atoms with Crippen LogP contribution in [-0.2, 0) is 24.2 Å². The Morgan fingerprint density at radius 3 is 2.64 bits per heavy atom. The molecule has 3 heterocycles. The monoisotopic (exact) mass is 463 g/mol. The van der Waals surface area contributed by atoms with Crippen molar-refractivity contribution in [2.45, 2.75) is 76.9 Å². The summed E-state index contributed by atoms with van der Waals surface area (Å²) in [6.07, 6.45) is 7.34. The number of hydrogen-bond donors (Lipinski definition) is 1. The van der Waals surface area contributed by atoms with Gasteiger partial charge in [-0.1, -0.05) is 56.5 Å². The Kier molecular flexibility index (Phi) is 6.04. The van der Waals surface area contributed by atoms with Gasteiger partial charge in [0.2, 0.25) is 5.91 Å². The van der Waals surface area contributed by atoms with Gasteiger partial charge >= 0.3 is 0 Å². The molecule has 0 saturated heterocycles. The number of thiophene rings is 1. The first-order valence-electron chi connectivity index (χ1n) is 12.3. The number of nitrogens with one attached hydrogen (secondary N) is 1. The van der Waals surface area contributed by atoms with Gasteiger partial charge in [0.25, 0.3) is 5.91 Å². The lowest BCUT2D eigenvalue weighted by Crippen LogP contribution is -2.65. The van der Waals surface area contributed by atoms with Crippen LogP contribution >= 0.6 is 11.3 Å². The second kappa shape index (κ2) is 8.98. The Labute approximate surface area is 199 Å². The highest BCUT2D eigenvalue weighted by Gasteiger charge is 2.48. The maximum Gasteiger partial charge on any atom is 0.271 e. The number of aryl methyl sites for hydroxylation is 1. The molecule has 0 bridgehead atoms. The highest BCUT2D eigenvalue weighted by Crippen LogP contribution is 2.36. The molecule has 5 nitrogen and oxygen atoms in total. The molecule has 6 heteroatoms. The molecule has 1 N–H and O–H groups in total. The number of amides is 2. The van der Waals surface area contributed by atoms with Crippen molar-refractivity contribution in [1.29, 1.82) is 0 Å². The third-order valence-electron chi connectivity index (χ3n) is 7.41. The molecular weight excluding hydrogens is 430 g/mol. The van der Waals surface area contributed by atoms with Gasteiger partial charge in [0.1, 0.15) is 11.2 Å². The molecule has 1 atom stereocenters. The highest BCUT2D eigenvalue weighted by molar-refractivity contribution is 7.19. The van der Waals surface area contributed by atoms with Crippen molar-refractivity contribution in [3.63, 3.8) is 0 Å². The summed E-state index contributed by atoms with van der Waals surface area (Å²) in [7, 11) is 0. The van der Waals surface area contributed by atoms with Gasteiger partial charge < -0.3 is 14.8 Å². The zero-order valence-corrected chi connectivity index (χ0v) is 20.4. The lowest BCUT2D eigenvalue weighted by atomic mass is 9.91. The second-order valence-corrected chi connectivity index (χ2v) is 10.9. The minimum atomic E-state index is -0.920. The Morgan fingerprint density at radius 1 is 1.15 bits per heavy atom. The van der Waals surface area contributed by atoms with Crippen molar-refractivity contribution in [2.75, 3.05) is 6.54 Å². The van der Waals surface area contributed by atoms with Gasteiger partial charge in [0.05, 0.1) is 16.8 Å². The molecule has 3 aromatic rings. The molecular formula is C27H33N3O2S. The first kappa shape index (κ1) is 22.2. The summed E-state index contributed by atoms with van der Waals surface area (Å²) in [5, 5.41) is 3.32. The van der Waals surface area contributed by atoms with E-state index in [2.05, 4.69) is 35.0 Å². The van der Waals surface area contributed by atoms with Crippen molar-refractivity contribution in [2.24, 2.45) is 0 Å². The molecule has 2 aromatic heterocycles. The fourth-order valence-electron chi connectivity index (χ4n) is 5.39. The van der Waals surface area contributed by atoms with E-state index >= 15 is 0 Å². The van der Waals surface area contributed by atoms with Gasteiger partial charge in [-0.3, -0.25) is 9.59 Å². The SMILES string of the molecule is CCc1cc2c(cc3n2C[C@@](C)(C(=O)NC2CCCCC2)N(CCc2ccccc2)C3=O)s1. The van der Waals surface area contributed by atoms with E-state index in [1.54, 1.807) is 11.3 Å². The standard InChI is InChI=1S/C27H33N3O2S/c1-3-21-16-22-24(33-21)17-23-25(31)30(15-14-19-10-6-4-7-11-19)27(2,18-29(22)23)26(32)28-20-12-8-5-9-13-20/h4,6-7,10-11,16-17,20H,3,5,8-9,12-15,18H2,1-2H3,(H,28,32)/t27-/m0/s1. The molecule has 1 aliphatic heterocycles. The normalized spacial score (nSPS) is 21.4. The van der Waals surface area contributed by atoms with Crippen LogP contribution < -0.4 is 5.32 Å². The molecule has 5 rings (SSSR count). The van der Waals surface area contributed by atoms with Crippen LogP contribution in [0, 0.1) is 0 Å². The number of rotatable bonds is 6. The summed E-state index contributed by atoms with van der Waals surface area (Å²) in [5.41, 5.74) is 2.04. The van der Waals surface area contributed by atoms with E-state index in [1.807, 2.05) is 36.1 Å². The molecule has 0 spiro atoms. The van der Waals surface area contributed by atoms with Crippen LogP contribution in [0.15, 0.2) is 42.5 Å². The highest BCUT2D eigenvalue weighted by atomic mass is 32.1. The van der Waals surface area contributed by atoms with Gasteiger partial charge in [-0.2, -0.15) is 0 Å². The summed E-state index contributed by atoms with van der Waals surface area (Å²) < 4.78 is 3.22. The summed E-state index contributed by atoms with van der Waals surface area (Å²) >= 11 is 1.75. The zero-order valence-electron chi connectivity index (χ0n) is 19.6. The topological polar surface area (TPSA) is 54.3 Å². The predicted octanol–water partition coefficient (Wildman–Crippen LogP) is 5.17. The maximum absolute atomic E-state index is 13.8. The van der Waals surface area contributed by atoms with Crippen LogP contribution in [0.25, 0.3) is 10.2 Å². The lowest BCUT2D eigenvalue weighted by Gasteiger charge is -2.45. The second-order valence-electron chi connectivity index (χ2n) is 9.71. The molecule has 1 fully saturated rings. The van der Waals surface area contributed by atoms with Crippen LogP contribution in [0.2, 0.25) is 0 Å². The lowest BCUT2D eigenvalue weighted by molar-refractivity contribution is -0.133. The summed E-state index contributed by atoms with van der Waals surface area (Å²) in [5.74, 6) is -0.0609. The summed E-state index contributed by atoms with van der Waals surface area (Å²) in [6.45, 7) is 5.12. The van der Waals surface area contributed by atoms with E-state index < -0.39 is 5.54 Å². The first-order valence-corrected chi connectivity index (χ1v) is 13.1. The van der Waals surface area contributed by atoms with Crippen molar-refractivity contribution in [3.05, 3.63) is 58.6 Å². The number of aromatic nitrogens is 1. The van der Waals surface area contributed by atoms with Crippen LogP contribution in [-0.4, -0.2) is 39.4 Å². The largest absolute Gasteiger partial charge is 0.351 e. The smallest absolute Gasteiger partial charge is 0.271 e. The number of benzene rings is 1. The van der Waals surface area contributed by atoms with Crippen LogP contribution in [0.5, 0.6) is 0 Å². The van der Waals surface area contributed by atoms with Crippen LogP contribution in [0.1, 0.15) is 66.9 Å². The quantitative estimate of drug-likeness (QED) is 0.548. The van der Waals surface area contributed by atoms with E-state index in [0.717, 1.165) is 48.7 Å². The van der Waals surface area contributed by atoms with Crippen LogP contribution in [0.4, 0.5) is 0 Å². The van der Waals surface area contributed by atoms with E-state index in [4.69, 9.17) is 0 Å². The van der Waals surface area contributed by atoms with Crippen molar-refractivity contribution < 1.29 is 9.59 Å². The third kappa shape index (κ3) is 4.10. The Morgan fingerprint density at radius 2 is 1.91 bits per heavy atom. The van der Waals surface area contributed by atoms with Crippen molar-refractivity contribution in [3.8, 4) is 0 Å².